The van der Waals surface area contributed by atoms with Gasteiger partial charge in [-0.1, -0.05) is 41.4 Å². The SMILES string of the molecule is CN(Cc1ccc(C(F)(F)F)cc1)[C@H]1CN(C(=O)CCCCN2CCOCC2)C[C@@H]1c1ccc(Cl)c(Cl)c1. The molecule has 1 amide bonds. The lowest BCUT2D eigenvalue weighted by atomic mass is 9.93. The highest BCUT2D eigenvalue weighted by Gasteiger charge is 2.38. The molecule has 208 valence electrons. The van der Waals surface area contributed by atoms with Crippen LogP contribution in [0.3, 0.4) is 0 Å². The van der Waals surface area contributed by atoms with Gasteiger partial charge in [-0.15, -0.1) is 0 Å². The summed E-state index contributed by atoms with van der Waals surface area (Å²) in [6.07, 6.45) is -2.07. The predicted octanol–water partition coefficient (Wildman–Crippen LogP) is 5.94. The third-order valence-corrected chi connectivity index (χ3v) is 8.25. The van der Waals surface area contributed by atoms with Crippen LogP contribution in [-0.4, -0.2) is 79.6 Å². The van der Waals surface area contributed by atoms with E-state index in [1.54, 1.807) is 6.07 Å². The molecule has 2 aliphatic heterocycles. The van der Waals surface area contributed by atoms with Crippen LogP contribution in [0.1, 0.15) is 41.9 Å². The van der Waals surface area contributed by atoms with Crippen LogP contribution >= 0.6 is 23.2 Å². The van der Waals surface area contributed by atoms with Gasteiger partial charge in [-0.05, 0) is 61.8 Å². The van der Waals surface area contributed by atoms with E-state index in [1.165, 1.54) is 12.1 Å². The van der Waals surface area contributed by atoms with E-state index in [-0.39, 0.29) is 17.9 Å². The second-order valence-corrected chi connectivity index (χ2v) is 11.0. The number of morpholine rings is 1. The molecule has 5 nitrogen and oxygen atoms in total. The van der Waals surface area contributed by atoms with Gasteiger partial charge in [0, 0.05) is 51.1 Å². The molecule has 0 spiro atoms. The third-order valence-electron chi connectivity index (χ3n) is 7.51. The normalized spacial score (nSPS) is 20.9. The molecule has 2 aromatic rings. The zero-order valence-corrected chi connectivity index (χ0v) is 23.0. The Morgan fingerprint density at radius 2 is 1.74 bits per heavy atom. The summed E-state index contributed by atoms with van der Waals surface area (Å²) in [4.78, 5) is 19.6. The van der Waals surface area contributed by atoms with E-state index in [2.05, 4.69) is 9.80 Å². The maximum atomic E-state index is 13.2. The average molecular weight is 572 g/mol. The minimum atomic E-state index is -4.36. The summed E-state index contributed by atoms with van der Waals surface area (Å²) in [5.74, 6) is 0.129. The number of likely N-dealkylation sites (N-methyl/N-ethyl adjacent to an activating group) is 1. The molecule has 2 heterocycles. The number of unbranched alkanes of at least 4 members (excludes halogenated alkanes) is 1. The Hall–Kier alpha value is -1.84. The fourth-order valence-electron chi connectivity index (χ4n) is 5.31. The lowest BCUT2D eigenvalue weighted by molar-refractivity contribution is -0.137. The van der Waals surface area contributed by atoms with Gasteiger partial charge >= 0.3 is 6.18 Å². The van der Waals surface area contributed by atoms with Gasteiger partial charge in [0.15, 0.2) is 0 Å². The number of halogens is 5. The summed E-state index contributed by atoms with van der Waals surface area (Å²) >= 11 is 12.5. The number of nitrogens with zero attached hydrogens (tertiary/aromatic N) is 3. The molecule has 2 saturated heterocycles. The van der Waals surface area contributed by atoms with Crippen LogP contribution in [0.15, 0.2) is 42.5 Å². The lowest BCUT2D eigenvalue weighted by Crippen LogP contribution is -2.38. The van der Waals surface area contributed by atoms with E-state index in [1.807, 2.05) is 24.1 Å². The van der Waals surface area contributed by atoms with Gasteiger partial charge in [0.2, 0.25) is 5.91 Å². The summed E-state index contributed by atoms with van der Waals surface area (Å²) in [6.45, 7) is 5.96. The number of hydrogen-bond donors (Lipinski definition) is 0. The second kappa shape index (κ2) is 13.0. The number of likely N-dealkylation sites (tertiary alicyclic amines) is 1. The Bertz CT molecular complexity index is 1080. The molecule has 2 aliphatic rings. The van der Waals surface area contributed by atoms with Crippen molar-refractivity contribution < 1.29 is 22.7 Å². The molecular weight excluding hydrogens is 538 g/mol. The van der Waals surface area contributed by atoms with Crippen LogP contribution in [0.4, 0.5) is 13.2 Å². The highest BCUT2D eigenvalue weighted by Crippen LogP contribution is 2.35. The average Bonchev–Trinajstić information content (AvgIpc) is 3.34. The van der Waals surface area contributed by atoms with E-state index < -0.39 is 11.7 Å². The monoisotopic (exact) mass is 571 g/mol. The van der Waals surface area contributed by atoms with Gasteiger partial charge in [0.05, 0.1) is 28.8 Å². The summed E-state index contributed by atoms with van der Waals surface area (Å²) in [5.41, 5.74) is 1.11. The van der Waals surface area contributed by atoms with Crippen molar-refractivity contribution in [2.45, 2.75) is 43.9 Å². The molecule has 10 heteroatoms. The molecule has 2 atom stereocenters. The van der Waals surface area contributed by atoms with Gasteiger partial charge in [-0.25, -0.2) is 0 Å². The van der Waals surface area contributed by atoms with Gasteiger partial charge in [0.1, 0.15) is 0 Å². The molecule has 2 fully saturated rings. The Morgan fingerprint density at radius 1 is 1.03 bits per heavy atom. The van der Waals surface area contributed by atoms with Crippen molar-refractivity contribution in [3.8, 4) is 0 Å². The number of benzene rings is 2. The predicted molar refractivity (Wildman–Crippen MR) is 144 cm³/mol. The number of alkyl halides is 3. The smallest absolute Gasteiger partial charge is 0.379 e. The number of amides is 1. The summed E-state index contributed by atoms with van der Waals surface area (Å²) in [7, 11) is 1.95. The standard InChI is InChI=1S/C28H34Cl2F3N3O2/c1-34(17-20-5-8-22(9-6-20)28(31,32)33)26-19-36(18-23(26)21-7-10-24(29)25(30)16-21)27(37)4-2-3-11-35-12-14-38-15-13-35/h5-10,16,23,26H,2-4,11-15,17-19H2,1H3/t23-,26+/m1/s1. The first-order valence-electron chi connectivity index (χ1n) is 13.0. The molecule has 0 saturated carbocycles. The van der Waals surface area contributed by atoms with E-state index in [0.717, 1.165) is 68.9 Å². The zero-order valence-electron chi connectivity index (χ0n) is 21.5. The number of ether oxygens (including phenoxy) is 1. The van der Waals surface area contributed by atoms with Crippen LogP contribution in [0.2, 0.25) is 10.0 Å². The molecule has 0 N–H and O–H groups in total. The first-order chi connectivity index (χ1) is 18.1. The van der Waals surface area contributed by atoms with E-state index in [9.17, 15) is 18.0 Å². The maximum Gasteiger partial charge on any atom is 0.416 e. The molecule has 0 radical (unpaired) electrons. The first-order valence-corrected chi connectivity index (χ1v) is 13.8. The van der Waals surface area contributed by atoms with Crippen molar-refractivity contribution in [2.24, 2.45) is 0 Å². The number of rotatable bonds is 9. The third kappa shape index (κ3) is 7.63. The molecule has 4 rings (SSSR count). The molecule has 38 heavy (non-hydrogen) atoms. The highest BCUT2D eigenvalue weighted by atomic mass is 35.5. The highest BCUT2D eigenvalue weighted by molar-refractivity contribution is 6.42. The van der Waals surface area contributed by atoms with Crippen molar-refractivity contribution >= 4 is 29.1 Å². The summed E-state index contributed by atoms with van der Waals surface area (Å²) < 4.78 is 44.3. The zero-order chi connectivity index (χ0) is 27.3. The Labute approximate surface area is 232 Å². The fraction of sp³-hybridized carbons (Fsp3) is 0.536. The molecule has 2 aromatic carbocycles. The van der Waals surface area contributed by atoms with E-state index in [4.69, 9.17) is 27.9 Å². The number of carbonyl (C=O) groups excluding carboxylic acids is 1. The van der Waals surface area contributed by atoms with Gasteiger partial charge < -0.3 is 9.64 Å². The van der Waals surface area contributed by atoms with Crippen LogP contribution < -0.4 is 0 Å². The first kappa shape index (κ1) is 29.2. The van der Waals surface area contributed by atoms with Crippen LogP contribution in [0.5, 0.6) is 0 Å². The van der Waals surface area contributed by atoms with Gasteiger partial charge in [-0.3, -0.25) is 14.6 Å². The Kier molecular flexibility index (Phi) is 9.98. The quantitative estimate of drug-likeness (QED) is 0.349. The van der Waals surface area contributed by atoms with Crippen LogP contribution in [0, 0.1) is 0 Å². The summed E-state index contributed by atoms with van der Waals surface area (Å²) in [5, 5.41) is 0.928. The van der Waals surface area contributed by atoms with Crippen molar-refractivity contribution in [2.75, 3.05) is 53.0 Å². The van der Waals surface area contributed by atoms with Crippen LogP contribution in [0.25, 0.3) is 0 Å². The fourth-order valence-corrected chi connectivity index (χ4v) is 5.61. The molecular formula is C28H34Cl2F3N3O2. The molecule has 0 bridgehead atoms. The number of carbonyl (C=O) groups is 1. The van der Waals surface area contributed by atoms with Gasteiger partial charge in [0.25, 0.3) is 0 Å². The van der Waals surface area contributed by atoms with Crippen molar-refractivity contribution in [3.05, 3.63) is 69.2 Å². The van der Waals surface area contributed by atoms with Crippen molar-refractivity contribution in [1.82, 2.24) is 14.7 Å². The largest absolute Gasteiger partial charge is 0.416 e. The van der Waals surface area contributed by atoms with Crippen LogP contribution in [-0.2, 0) is 22.3 Å². The summed E-state index contributed by atoms with van der Waals surface area (Å²) in [6, 6.07) is 10.8. The number of hydrogen-bond acceptors (Lipinski definition) is 4. The topological polar surface area (TPSA) is 36.0 Å². The molecule has 0 unspecified atom stereocenters. The minimum absolute atomic E-state index is 0.00140. The molecule has 0 aromatic heterocycles. The Morgan fingerprint density at radius 3 is 2.39 bits per heavy atom. The van der Waals surface area contributed by atoms with E-state index in [0.29, 0.717) is 36.1 Å². The minimum Gasteiger partial charge on any atom is -0.379 e. The van der Waals surface area contributed by atoms with Gasteiger partial charge in [-0.2, -0.15) is 13.2 Å². The second-order valence-electron chi connectivity index (χ2n) is 10.2. The molecule has 0 aliphatic carbocycles. The lowest BCUT2D eigenvalue weighted by Gasteiger charge is -2.29. The maximum absolute atomic E-state index is 13.2. The van der Waals surface area contributed by atoms with E-state index >= 15 is 0 Å². The van der Waals surface area contributed by atoms with Crippen molar-refractivity contribution in [1.29, 1.82) is 0 Å². The Balaban J connectivity index is 1.41. The van der Waals surface area contributed by atoms with Crippen molar-refractivity contribution in [3.63, 3.8) is 0 Å².